The number of rotatable bonds is 0. The van der Waals surface area contributed by atoms with Gasteiger partial charge < -0.3 is 10.2 Å². The molecule has 3 nitrogen and oxygen atoms in total. The first kappa shape index (κ1) is 16.2. The summed E-state index contributed by atoms with van der Waals surface area (Å²) in [4.78, 5) is 13.0. The minimum atomic E-state index is 0.0982. The van der Waals surface area contributed by atoms with Gasteiger partial charge in [-0.25, -0.2) is 0 Å². The van der Waals surface area contributed by atoms with Crippen molar-refractivity contribution < 1.29 is 4.79 Å². The molecule has 1 amide bonds. The van der Waals surface area contributed by atoms with E-state index in [2.05, 4.69) is 5.32 Å². The first-order valence-electron chi connectivity index (χ1n) is 7.63. The molecule has 2 aromatic rings. The number of carbonyl (C=O) groups excluding carboxylic acids is 1. The van der Waals surface area contributed by atoms with Gasteiger partial charge in [0, 0.05) is 41.4 Å². The number of amides is 1. The van der Waals surface area contributed by atoms with Crippen LogP contribution < -0.4 is 10.2 Å². The van der Waals surface area contributed by atoms with Gasteiger partial charge in [-0.05, 0) is 60.4 Å². The fourth-order valence-corrected chi connectivity index (χ4v) is 3.36. The van der Waals surface area contributed by atoms with Crippen LogP contribution in [0.4, 0.5) is 11.4 Å². The number of hydrogen-bond donors (Lipinski definition) is 1. The van der Waals surface area contributed by atoms with E-state index in [9.17, 15) is 4.79 Å². The molecule has 2 aliphatic rings. The van der Waals surface area contributed by atoms with Gasteiger partial charge in [0.15, 0.2) is 0 Å². The smallest absolute Gasteiger partial charge is 0.223 e. The molecule has 0 saturated heterocycles. The second-order valence-corrected chi connectivity index (χ2v) is 6.54. The van der Waals surface area contributed by atoms with Gasteiger partial charge in [-0.2, -0.15) is 0 Å². The van der Waals surface area contributed by atoms with E-state index in [0.29, 0.717) is 0 Å². The quantitative estimate of drug-likeness (QED) is 0.756. The van der Waals surface area contributed by atoms with Gasteiger partial charge in [0.25, 0.3) is 0 Å². The molecule has 0 fully saturated rings. The monoisotopic (exact) mass is 348 g/mol. The van der Waals surface area contributed by atoms with Crippen LogP contribution in [0, 0.1) is 0 Å². The van der Waals surface area contributed by atoms with Gasteiger partial charge in [-0.3, -0.25) is 4.79 Å². The van der Waals surface area contributed by atoms with Crippen LogP contribution in [0.3, 0.4) is 0 Å². The van der Waals surface area contributed by atoms with E-state index in [-0.39, 0.29) is 5.91 Å². The Labute approximate surface area is 146 Å². The third-order valence-corrected chi connectivity index (χ3v) is 4.56. The lowest BCUT2D eigenvalue weighted by molar-refractivity contribution is -0.116. The number of halogens is 2. The highest BCUT2D eigenvalue weighted by atomic mass is 35.5. The second-order valence-electron chi connectivity index (χ2n) is 5.67. The molecule has 120 valence electrons. The summed E-state index contributed by atoms with van der Waals surface area (Å²) < 4.78 is 0. The van der Waals surface area contributed by atoms with Crippen molar-refractivity contribution in [3.63, 3.8) is 0 Å². The highest BCUT2D eigenvalue weighted by Gasteiger charge is 2.21. The average molecular weight is 349 g/mol. The minimum absolute atomic E-state index is 0.0982. The zero-order chi connectivity index (χ0) is 16.4. The third-order valence-electron chi connectivity index (χ3n) is 4.09. The van der Waals surface area contributed by atoms with E-state index in [1.807, 2.05) is 36.4 Å². The first-order valence-corrected chi connectivity index (χ1v) is 8.39. The van der Waals surface area contributed by atoms with Gasteiger partial charge in [-0.15, -0.1) is 0 Å². The Kier molecular flexibility index (Phi) is 4.79. The summed E-state index contributed by atoms with van der Waals surface area (Å²) in [6, 6.07) is 11.6. The number of anilines is 2. The molecule has 0 radical (unpaired) electrons. The Morgan fingerprint density at radius 1 is 1.04 bits per heavy atom. The van der Waals surface area contributed by atoms with Crippen LogP contribution in [0.1, 0.15) is 18.1 Å². The van der Waals surface area contributed by atoms with Crippen molar-refractivity contribution >= 4 is 40.5 Å². The number of carbonyl (C=O) groups is 1. The van der Waals surface area contributed by atoms with Crippen LogP contribution >= 0.6 is 23.2 Å². The highest BCUT2D eigenvalue weighted by molar-refractivity contribution is 6.31. The zero-order valence-corrected chi connectivity index (χ0v) is 14.4. The molecule has 1 N–H and O–H groups in total. The zero-order valence-electron chi connectivity index (χ0n) is 12.9. The Hall–Kier alpha value is -1.71. The third kappa shape index (κ3) is 3.62. The van der Waals surface area contributed by atoms with E-state index < -0.39 is 0 Å². The van der Waals surface area contributed by atoms with E-state index in [4.69, 9.17) is 23.2 Å². The topological polar surface area (TPSA) is 32.3 Å². The Morgan fingerprint density at radius 3 is 2.48 bits per heavy atom. The van der Waals surface area contributed by atoms with Gasteiger partial charge in [0.1, 0.15) is 0 Å². The maximum absolute atomic E-state index is 11.2. The molecule has 0 saturated carbocycles. The molecule has 23 heavy (non-hydrogen) atoms. The molecule has 2 aliphatic heterocycles. The van der Waals surface area contributed by atoms with Gasteiger partial charge in [0.2, 0.25) is 5.91 Å². The summed E-state index contributed by atoms with van der Waals surface area (Å²) >= 11 is 11.6. The predicted octanol–water partition coefficient (Wildman–Crippen LogP) is 4.56. The first-order chi connectivity index (χ1) is 11.0. The summed E-state index contributed by atoms with van der Waals surface area (Å²) in [5.74, 6) is 0.0982. The molecule has 5 heteroatoms. The Morgan fingerprint density at radius 2 is 1.74 bits per heavy atom. The number of fused-ring (bicyclic) bond motifs is 2. The lowest BCUT2D eigenvalue weighted by Crippen LogP contribution is -2.25. The van der Waals surface area contributed by atoms with Crippen LogP contribution in [0.15, 0.2) is 36.4 Å². The minimum Gasteiger partial charge on any atom is -0.384 e. The molecule has 4 rings (SSSR count). The molecule has 2 heterocycles. The second kappa shape index (κ2) is 6.81. The van der Waals surface area contributed by atoms with E-state index >= 15 is 0 Å². The van der Waals surface area contributed by atoms with Crippen molar-refractivity contribution in [1.29, 1.82) is 0 Å². The summed E-state index contributed by atoms with van der Waals surface area (Å²) in [5, 5.41) is 4.84. The number of nitrogens with zero attached hydrogens (tertiary/aromatic N) is 1. The number of benzene rings is 2. The van der Waals surface area contributed by atoms with Crippen LogP contribution in [-0.2, 0) is 17.6 Å². The predicted molar refractivity (Wildman–Crippen MR) is 96.8 cm³/mol. The molecule has 0 aliphatic carbocycles. The Balaban J connectivity index is 0.000000140. The van der Waals surface area contributed by atoms with Crippen LogP contribution in [-0.4, -0.2) is 19.0 Å². The van der Waals surface area contributed by atoms with Gasteiger partial charge in [0.05, 0.1) is 0 Å². The number of nitrogens with one attached hydrogen (secondary N) is 1. The van der Waals surface area contributed by atoms with Crippen molar-refractivity contribution in [2.45, 2.75) is 19.8 Å². The largest absolute Gasteiger partial charge is 0.384 e. The van der Waals surface area contributed by atoms with Crippen molar-refractivity contribution in [2.75, 3.05) is 23.3 Å². The van der Waals surface area contributed by atoms with Crippen molar-refractivity contribution in [3.8, 4) is 0 Å². The number of hydrogen-bond acceptors (Lipinski definition) is 2. The molecule has 0 bridgehead atoms. The summed E-state index contributed by atoms with van der Waals surface area (Å²) in [6.07, 6.45) is 2.02. The molecule has 2 aromatic carbocycles. The normalized spacial score (nSPS) is 14.5. The molecule has 0 atom stereocenters. The van der Waals surface area contributed by atoms with Crippen molar-refractivity contribution in [3.05, 3.63) is 57.6 Å². The fraction of sp³-hybridized carbons (Fsp3) is 0.278. The lowest BCUT2D eigenvalue weighted by atomic mass is 10.2. The average Bonchev–Trinajstić information content (AvgIpc) is 3.12. The van der Waals surface area contributed by atoms with E-state index in [0.717, 1.165) is 41.7 Å². The molecule has 0 spiro atoms. The van der Waals surface area contributed by atoms with Crippen LogP contribution in [0.25, 0.3) is 0 Å². The molecule has 0 aromatic heterocycles. The maximum atomic E-state index is 11.2. The molecule has 0 unspecified atom stereocenters. The fourth-order valence-electron chi connectivity index (χ4n) is 2.97. The van der Waals surface area contributed by atoms with Gasteiger partial charge >= 0.3 is 0 Å². The van der Waals surface area contributed by atoms with E-state index in [1.54, 1.807) is 11.8 Å². The van der Waals surface area contributed by atoms with Crippen LogP contribution in [0.5, 0.6) is 0 Å². The van der Waals surface area contributed by atoms with Crippen LogP contribution in [0.2, 0.25) is 10.0 Å². The van der Waals surface area contributed by atoms with Gasteiger partial charge in [-0.1, -0.05) is 23.2 Å². The standard InChI is InChI=1S/C10H10ClNO.C8H8ClN/c1-7(13)12-5-4-8-6-9(11)2-3-10(8)12;9-7-1-2-8-6(5-7)3-4-10-8/h2-3,6H,4-5H2,1H3;1-2,5,10H,3-4H2. The highest BCUT2D eigenvalue weighted by Crippen LogP contribution is 2.30. The SMILES string of the molecule is CC(=O)N1CCc2cc(Cl)ccc21.Clc1ccc2c(c1)CCN2. The maximum Gasteiger partial charge on any atom is 0.223 e. The summed E-state index contributed by atoms with van der Waals surface area (Å²) in [7, 11) is 0. The molecular formula is C18H18Cl2N2O. The summed E-state index contributed by atoms with van der Waals surface area (Å²) in [5.41, 5.74) is 4.76. The van der Waals surface area contributed by atoms with E-state index in [1.165, 1.54) is 16.8 Å². The lowest BCUT2D eigenvalue weighted by Gasteiger charge is -2.14. The summed E-state index contributed by atoms with van der Waals surface area (Å²) in [6.45, 7) is 3.42. The van der Waals surface area contributed by atoms with Crippen molar-refractivity contribution in [2.24, 2.45) is 0 Å². The van der Waals surface area contributed by atoms with Crippen molar-refractivity contribution in [1.82, 2.24) is 0 Å². The Bertz CT molecular complexity index is 746. The molecular weight excluding hydrogens is 331 g/mol.